The summed E-state index contributed by atoms with van der Waals surface area (Å²) in [5.74, 6) is -1.55. The molecule has 0 aliphatic heterocycles. The Hall–Kier alpha value is -0.750. The number of hydrogen-bond acceptors (Lipinski definition) is 4. The van der Waals surface area contributed by atoms with Gasteiger partial charge in [-0.25, -0.2) is 4.79 Å². The lowest BCUT2D eigenvalue weighted by Gasteiger charge is -2.09. The van der Waals surface area contributed by atoms with Gasteiger partial charge in [-0.2, -0.15) is 12.6 Å². The second-order valence-corrected chi connectivity index (χ2v) is 2.21. The van der Waals surface area contributed by atoms with Crippen LogP contribution in [0.5, 0.6) is 0 Å². The lowest BCUT2D eigenvalue weighted by molar-refractivity contribution is -0.140. The number of carboxylic acids is 1. The molecular formula is C5H10N2O3S. The van der Waals surface area contributed by atoms with Gasteiger partial charge in [-0.05, 0) is 0 Å². The van der Waals surface area contributed by atoms with Gasteiger partial charge in [0.1, 0.15) is 6.04 Å². The zero-order valence-electron chi connectivity index (χ0n) is 5.78. The van der Waals surface area contributed by atoms with E-state index in [1.54, 1.807) is 0 Å². The molecule has 5 nitrogen and oxygen atoms in total. The number of thiol groups is 1. The normalized spacial score (nSPS) is 12.2. The molecule has 64 valence electrons. The second kappa shape index (κ2) is 4.97. The van der Waals surface area contributed by atoms with Crippen molar-refractivity contribution in [2.45, 2.75) is 6.04 Å². The Labute approximate surface area is 69.4 Å². The molecular weight excluding hydrogens is 168 g/mol. The van der Waals surface area contributed by atoms with Crippen molar-refractivity contribution in [2.24, 2.45) is 5.73 Å². The van der Waals surface area contributed by atoms with Crippen LogP contribution in [0.2, 0.25) is 0 Å². The Morgan fingerprint density at radius 2 is 2.18 bits per heavy atom. The predicted molar refractivity (Wildman–Crippen MR) is 42.5 cm³/mol. The highest BCUT2D eigenvalue weighted by molar-refractivity contribution is 7.80. The highest BCUT2D eigenvalue weighted by atomic mass is 32.1. The minimum atomic E-state index is -1.11. The van der Waals surface area contributed by atoms with Crippen LogP contribution in [0, 0.1) is 0 Å². The molecule has 0 saturated carbocycles. The number of amides is 1. The third-order valence-electron chi connectivity index (χ3n) is 1.00. The van der Waals surface area contributed by atoms with Crippen molar-refractivity contribution in [2.75, 3.05) is 12.3 Å². The number of rotatable bonds is 4. The van der Waals surface area contributed by atoms with Gasteiger partial charge in [-0.3, -0.25) is 4.79 Å². The second-order valence-electron chi connectivity index (χ2n) is 1.85. The maximum absolute atomic E-state index is 10.6. The highest BCUT2D eigenvalue weighted by Gasteiger charge is 2.16. The molecule has 11 heavy (non-hydrogen) atoms. The first-order valence-corrected chi connectivity index (χ1v) is 3.58. The van der Waals surface area contributed by atoms with E-state index < -0.39 is 17.9 Å². The van der Waals surface area contributed by atoms with Crippen molar-refractivity contribution < 1.29 is 14.7 Å². The standard InChI is InChI=1S/C5H10N2O3S/c6-1-4(8)7-3(2-11)5(9)10/h3,11H,1-2,6H2,(H,7,8)(H,9,10). The van der Waals surface area contributed by atoms with Crippen LogP contribution >= 0.6 is 12.6 Å². The Bertz CT molecular complexity index is 162. The minimum absolute atomic E-state index is 0.0566. The SMILES string of the molecule is NCC(=O)NC(CS)C(=O)O. The Kier molecular flexibility index (Phi) is 4.64. The van der Waals surface area contributed by atoms with Crippen molar-refractivity contribution in [3.63, 3.8) is 0 Å². The summed E-state index contributed by atoms with van der Waals surface area (Å²) in [5, 5.41) is 10.6. The van der Waals surface area contributed by atoms with Crippen LogP contribution in [0.3, 0.4) is 0 Å². The van der Waals surface area contributed by atoms with E-state index in [4.69, 9.17) is 10.8 Å². The van der Waals surface area contributed by atoms with Gasteiger partial charge in [-0.15, -0.1) is 0 Å². The highest BCUT2D eigenvalue weighted by Crippen LogP contribution is 1.86. The summed E-state index contributed by atoms with van der Waals surface area (Å²) in [5.41, 5.74) is 4.95. The Morgan fingerprint density at radius 1 is 1.64 bits per heavy atom. The van der Waals surface area contributed by atoms with E-state index in [1.807, 2.05) is 0 Å². The number of aliphatic carboxylic acids is 1. The first-order chi connectivity index (χ1) is 5.11. The van der Waals surface area contributed by atoms with Gasteiger partial charge < -0.3 is 16.2 Å². The smallest absolute Gasteiger partial charge is 0.327 e. The van der Waals surface area contributed by atoms with Crippen LogP contribution in [0.1, 0.15) is 0 Å². The van der Waals surface area contributed by atoms with Gasteiger partial charge in [0.05, 0.1) is 6.54 Å². The van der Waals surface area contributed by atoms with Crippen molar-refractivity contribution >= 4 is 24.5 Å². The molecule has 4 N–H and O–H groups in total. The van der Waals surface area contributed by atoms with Gasteiger partial charge in [0.15, 0.2) is 0 Å². The zero-order valence-corrected chi connectivity index (χ0v) is 6.67. The van der Waals surface area contributed by atoms with Crippen LogP contribution in [0.15, 0.2) is 0 Å². The molecule has 0 aliphatic carbocycles. The first kappa shape index (κ1) is 10.2. The molecule has 1 unspecified atom stereocenters. The van der Waals surface area contributed by atoms with Gasteiger partial charge in [0, 0.05) is 5.75 Å². The fraction of sp³-hybridized carbons (Fsp3) is 0.600. The van der Waals surface area contributed by atoms with Crippen molar-refractivity contribution in [3.05, 3.63) is 0 Å². The fourth-order valence-corrected chi connectivity index (χ4v) is 0.686. The van der Waals surface area contributed by atoms with Gasteiger partial charge in [0.2, 0.25) is 5.91 Å². The van der Waals surface area contributed by atoms with E-state index >= 15 is 0 Å². The third-order valence-corrected chi connectivity index (χ3v) is 1.37. The van der Waals surface area contributed by atoms with E-state index in [0.717, 1.165) is 0 Å². The number of carbonyl (C=O) groups excluding carboxylic acids is 1. The topological polar surface area (TPSA) is 92.4 Å². The molecule has 0 aromatic rings. The zero-order chi connectivity index (χ0) is 8.85. The van der Waals surface area contributed by atoms with E-state index in [2.05, 4.69) is 17.9 Å². The number of carbonyl (C=O) groups is 2. The van der Waals surface area contributed by atoms with Gasteiger partial charge in [0.25, 0.3) is 0 Å². The largest absolute Gasteiger partial charge is 0.480 e. The molecule has 1 amide bonds. The van der Waals surface area contributed by atoms with E-state index in [9.17, 15) is 9.59 Å². The molecule has 0 aromatic heterocycles. The first-order valence-electron chi connectivity index (χ1n) is 2.95. The van der Waals surface area contributed by atoms with Crippen molar-refractivity contribution in [1.82, 2.24) is 5.32 Å². The van der Waals surface area contributed by atoms with Crippen LogP contribution in [-0.2, 0) is 9.59 Å². The molecule has 0 aromatic carbocycles. The predicted octanol–water partition coefficient (Wildman–Crippen LogP) is -1.56. The summed E-state index contributed by atoms with van der Waals surface area (Å²) < 4.78 is 0. The lowest BCUT2D eigenvalue weighted by Crippen LogP contribution is -2.44. The van der Waals surface area contributed by atoms with Crippen molar-refractivity contribution in [3.8, 4) is 0 Å². The average molecular weight is 178 g/mol. The molecule has 0 bridgehead atoms. The maximum atomic E-state index is 10.6. The van der Waals surface area contributed by atoms with E-state index in [1.165, 1.54) is 0 Å². The number of carboxylic acid groups (broad SMARTS) is 1. The van der Waals surface area contributed by atoms with E-state index in [0.29, 0.717) is 0 Å². The van der Waals surface area contributed by atoms with Gasteiger partial charge in [-0.1, -0.05) is 0 Å². The summed E-state index contributed by atoms with van der Waals surface area (Å²) in [7, 11) is 0. The molecule has 0 fully saturated rings. The van der Waals surface area contributed by atoms with Crippen LogP contribution in [-0.4, -0.2) is 35.3 Å². The van der Waals surface area contributed by atoms with Crippen LogP contribution in [0.4, 0.5) is 0 Å². The molecule has 0 radical (unpaired) electrons. The fourth-order valence-electron chi connectivity index (χ4n) is 0.439. The summed E-state index contributed by atoms with van der Waals surface area (Å²) in [4.78, 5) is 20.8. The summed E-state index contributed by atoms with van der Waals surface area (Å²) >= 11 is 3.73. The average Bonchev–Trinajstić information content (AvgIpc) is 1.99. The number of nitrogens with two attached hydrogens (primary N) is 1. The summed E-state index contributed by atoms with van der Waals surface area (Å²) in [6.45, 7) is -0.211. The maximum Gasteiger partial charge on any atom is 0.327 e. The monoisotopic (exact) mass is 178 g/mol. The summed E-state index contributed by atoms with van der Waals surface area (Å²) in [6.07, 6.45) is 0. The molecule has 6 heteroatoms. The van der Waals surface area contributed by atoms with Gasteiger partial charge >= 0.3 is 5.97 Å². The van der Waals surface area contributed by atoms with Crippen LogP contribution in [0.25, 0.3) is 0 Å². The molecule has 1 atom stereocenters. The minimum Gasteiger partial charge on any atom is -0.480 e. The number of hydrogen-bond donors (Lipinski definition) is 4. The Balaban J connectivity index is 3.88. The lowest BCUT2D eigenvalue weighted by atomic mass is 10.3. The molecule has 0 rings (SSSR count). The van der Waals surface area contributed by atoms with Crippen molar-refractivity contribution in [1.29, 1.82) is 0 Å². The molecule has 0 spiro atoms. The van der Waals surface area contributed by atoms with Crippen LogP contribution < -0.4 is 11.1 Å². The Morgan fingerprint density at radius 3 is 2.45 bits per heavy atom. The third kappa shape index (κ3) is 3.84. The summed E-state index contributed by atoms with van der Waals surface area (Å²) in [6, 6.07) is -0.950. The molecule has 0 saturated heterocycles. The molecule has 0 aliphatic rings. The molecule has 0 heterocycles. The number of nitrogens with one attached hydrogen (secondary N) is 1. The quantitative estimate of drug-likeness (QED) is 0.392. The van der Waals surface area contributed by atoms with E-state index in [-0.39, 0.29) is 12.3 Å².